The Morgan fingerprint density at radius 1 is 0.750 bits per heavy atom. The molecular formula is C32H32N2O2. The van der Waals surface area contributed by atoms with Gasteiger partial charge in [-0.2, -0.15) is 5.26 Å². The van der Waals surface area contributed by atoms with Crippen LogP contribution in [0.15, 0.2) is 72.8 Å². The lowest BCUT2D eigenvalue weighted by Crippen LogP contribution is -1.95. The molecule has 0 aromatic heterocycles. The summed E-state index contributed by atoms with van der Waals surface area (Å²) in [6, 6.07) is 25.4. The number of unbranched alkanes of at least 4 members (excludes halogenated alkanes) is 2. The molecule has 0 saturated carbocycles. The van der Waals surface area contributed by atoms with Gasteiger partial charge in [-0.3, -0.25) is 0 Å². The van der Waals surface area contributed by atoms with Crippen molar-refractivity contribution in [3.05, 3.63) is 106 Å². The molecule has 0 N–H and O–H groups in total. The second-order valence-corrected chi connectivity index (χ2v) is 8.43. The number of hydrogen-bond donors (Lipinski definition) is 0. The zero-order valence-electron chi connectivity index (χ0n) is 21.0. The summed E-state index contributed by atoms with van der Waals surface area (Å²) < 4.78 is 11.4. The Morgan fingerprint density at radius 3 is 1.67 bits per heavy atom. The van der Waals surface area contributed by atoms with Crippen molar-refractivity contribution in [1.29, 1.82) is 5.26 Å². The van der Waals surface area contributed by atoms with E-state index in [0.717, 1.165) is 59.4 Å². The smallest absolute Gasteiger partial charge is 0.194 e. The molecule has 0 unspecified atom stereocenters. The highest BCUT2D eigenvalue weighted by Crippen LogP contribution is 2.25. The highest BCUT2D eigenvalue weighted by Gasteiger charge is 2.06. The normalized spacial score (nSPS) is 11.4. The summed E-state index contributed by atoms with van der Waals surface area (Å²) in [5, 5.41) is 9.74. The van der Waals surface area contributed by atoms with Gasteiger partial charge in [0, 0.05) is 0 Å². The van der Waals surface area contributed by atoms with E-state index < -0.39 is 0 Å². The van der Waals surface area contributed by atoms with E-state index in [1.807, 2.05) is 84.9 Å². The van der Waals surface area contributed by atoms with Gasteiger partial charge in [0.1, 0.15) is 11.5 Å². The first kappa shape index (κ1) is 26.3. The van der Waals surface area contributed by atoms with Crippen LogP contribution in [-0.2, 0) is 0 Å². The van der Waals surface area contributed by atoms with Gasteiger partial charge in [0.2, 0.25) is 0 Å². The Labute approximate surface area is 214 Å². The van der Waals surface area contributed by atoms with Crippen molar-refractivity contribution in [2.75, 3.05) is 13.2 Å². The minimum absolute atomic E-state index is 0.544. The van der Waals surface area contributed by atoms with Crippen molar-refractivity contribution in [1.82, 2.24) is 0 Å². The minimum atomic E-state index is 0.544. The Bertz CT molecular complexity index is 1140. The molecule has 0 bridgehead atoms. The fourth-order valence-electron chi connectivity index (χ4n) is 3.49. The maximum Gasteiger partial charge on any atom is 0.194 e. The highest BCUT2D eigenvalue weighted by molar-refractivity contribution is 5.91. The fraction of sp³-hybridized carbons (Fsp3) is 0.250. The second-order valence-electron chi connectivity index (χ2n) is 8.43. The molecule has 4 nitrogen and oxygen atoms in total. The van der Waals surface area contributed by atoms with Crippen molar-refractivity contribution in [2.45, 2.75) is 39.5 Å². The number of rotatable bonds is 12. The summed E-state index contributed by atoms with van der Waals surface area (Å²) in [6.45, 7) is 13.3. The fourth-order valence-corrected chi connectivity index (χ4v) is 3.49. The molecule has 0 fully saturated rings. The predicted octanol–water partition coefficient (Wildman–Crippen LogP) is 8.53. The molecule has 3 rings (SSSR count). The van der Waals surface area contributed by atoms with Gasteiger partial charge in [-0.25, -0.2) is 4.85 Å². The molecule has 0 aliphatic rings. The first-order valence-corrected chi connectivity index (χ1v) is 12.4. The quantitative estimate of drug-likeness (QED) is 0.114. The molecule has 0 aliphatic carbocycles. The van der Waals surface area contributed by atoms with Crippen LogP contribution in [0, 0.1) is 17.9 Å². The van der Waals surface area contributed by atoms with Gasteiger partial charge < -0.3 is 9.47 Å². The Balaban J connectivity index is 1.71. The SMILES string of the molecule is [C-]#[N+]/C(=C\c1ccc(OCCCC)cc1)c1ccc(/C(C#N)=C/c2ccc(OCCCC)cc2)cc1. The monoisotopic (exact) mass is 476 g/mol. The molecule has 0 aliphatic heterocycles. The van der Waals surface area contributed by atoms with Gasteiger partial charge >= 0.3 is 0 Å². The summed E-state index contributed by atoms with van der Waals surface area (Å²) >= 11 is 0. The lowest BCUT2D eigenvalue weighted by atomic mass is 10.0. The molecule has 0 saturated heterocycles. The van der Waals surface area contributed by atoms with E-state index in [1.54, 1.807) is 0 Å². The third-order valence-corrected chi connectivity index (χ3v) is 5.64. The molecular weight excluding hydrogens is 444 g/mol. The van der Waals surface area contributed by atoms with Gasteiger partial charge in [-0.15, -0.1) is 0 Å². The lowest BCUT2D eigenvalue weighted by molar-refractivity contribution is 0.309. The van der Waals surface area contributed by atoms with Gasteiger partial charge in [-0.1, -0.05) is 75.2 Å². The van der Waals surface area contributed by atoms with Gasteiger partial charge in [0.05, 0.1) is 31.4 Å². The summed E-state index contributed by atoms with van der Waals surface area (Å²) in [5.41, 5.74) is 4.59. The van der Waals surface area contributed by atoms with Crippen molar-refractivity contribution < 1.29 is 9.47 Å². The van der Waals surface area contributed by atoms with Crippen LogP contribution in [0.5, 0.6) is 11.5 Å². The Morgan fingerprint density at radius 2 is 1.22 bits per heavy atom. The van der Waals surface area contributed by atoms with Crippen molar-refractivity contribution in [3.63, 3.8) is 0 Å². The first-order chi connectivity index (χ1) is 17.7. The predicted molar refractivity (Wildman–Crippen MR) is 148 cm³/mol. The van der Waals surface area contributed by atoms with Crippen LogP contribution in [-0.4, -0.2) is 13.2 Å². The number of ether oxygens (including phenoxy) is 2. The summed E-state index contributed by atoms with van der Waals surface area (Å²) in [6.07, 6.45) is 7.98. The largest absolute Gasteiger partial charge is 0.494 e. The average Bonchev–Trinajstić information content (AvgIpc) is 2.92. The Hall–Kier alpha value is -4.28. The zero-order chi connectivity index (χ0) is 25.6. The van der Waals surface area contributed by atoms with Crippen molar-refractivity contribution in [2.24, 2.45) is 0 Å². The van der Waals surface area contributed by atoms with Crippen molar-refractivity contribution in [3.8, 4) is 17.6 Å². The maximum absolute atomic E-state index is 9.74. The number of nitrogens with zero attached hydrogens (tertiary/aromatic N) is 2. The molecule has 4 heteroatoms. The third kappa shape index (κ3) is 7.90. The van der Waals surface area contributed by atoms with E-state index in [2.05, 4.69) is 24.8 Å². The van der Waals surface area contributed by atoms with Gasteiger partial charge in [-0.05, 0) is 71.5 Å². The van der Waals surface area contributed by atoms with E-state index in [0.29, 0.717) is 24.5 Å². The van der Waals surface area contributed by atoms with E-state index in [-0.39, 0.29) is 0 Å². The molecule has 0 heterocycles. The third-order valence-electron chi connectivity index (χ3n) is 5.64. The van der Waals surface area contributed by atoms with E-state index in [4.69, 9.17) is 16.0 Å². The molecule has 0 spiro atoms. The van der Waals surface area contributed by atoms with Crippen molar-refractivity contribution >= 4 is 23.4 Å². The average molecular weight is 477 g/mol. The molecule has 0 radical (unpaired) electrons. The topological polar surface area (TPSA) is 46.6 Å². The van der Waals surface area contributed by atoms with Gasteiger partial charge in [0.15, 0.2) is 5.70 Å². The molecule has 3 aromatic carbocycles. The van der Waals surface area contributed by atoms with Crippen LogP contribution in [0.25, 0.3) is 28.3 Å². The van der Waals surface area contributed by atoms with E-state index in [9.17, 15) is 5.26 Å². The van der Waals surface area contributed by atoms with E-state index >= 15 is 0 Å². The van der Waals surface area contributed by atoms with Crippen LogP contribution in [0.4, 0.5) is 0 Å². The second kappa shape index (κ2) is 14.2. The number of nitriles is 1. The Kier molecular flexibility index (Phi) is 10.4. The first-order valence-electron chi connectivity index (χ1n) is 12.4. The van der Waals surface area contributed by atoms with Crippen LogP contribution in [0.2, 0.25) is 0 Å². The molecule has 3 aromatic rings. The minimum Gasteiger partial charge on any atom is -0.494 e. The van der Waals surface area contributed by atoms with Crippen LogP contribution in [0.1, 0.15) is 61.8 Å². The van der Waals surface area contributed by atoms with Gasteiger partial charge in [0.25, 0.3) is 0 Å². The summed E-state index contributed by atoms with van der Waals surface area (Å²) in [5.74, 6) is 1.67. The number of allylic oxidation sites excluding steroid dienone is 1. The standard InChI is InChI=1S/C32H32N2O2/c1-4-6-20-35-30-16-8-25(9-17-30)22-29(24-33)27-12-14-28(15-13-27)32(34-3)23-26-10-18-31(19-11-26)36-21-7-5-2/h8-19,22-23H,4-7,20-21H2,1-2H3/b29-22+,32-23-. The highest BCUT2D eigenvalue weighted by atomic mass is 16.5. The van der Waals surface area contributed by atoms with Crippen LogP contribution >= 0.6 is 0 Å². The molecule has 182 valence electrons. The van der Waals surface area contributed by atoms with Crippen LogP contribution in [0.3, 0.4) is 0 Å². The van der Waals surface area contributed by atoms with E-state index in [1.165, 1.54) is 0 Å². The zero-order valence-corrected chi connectivity index (χ0v) is 21.0. The summed E-state index contributed by atoms with van der Waals surface area (Å²) in [4.78, 5) is 3.72. The molecule has 0 atom stereocenters. The maximum atomic E-state index is 9.74. The molecule has 36 heavy (non-hydrogen) atoms. The summed E-state index contributed by atoms with van der Waals surface area (Å²) in [7, 11) is 0. The van der Waals surface area contributed by atoms with Crippen LogP contribution < -0.4 is 9.47 Å². The number of benzene rings is 3. The lowest BCUT2D eigenvalue weighted by Gasteiger charge is -2.06. The number of hydrogen-bond acceptors (Lipinski definition) is 3. The molecule has 0 amide bonds.